The molecule has 0 fully saturated rings. The molecule has 2 aromatic rings. The number of alkyl halides is 3. The maximum atomic E-state index is 12.0. The van der Waals surface area contributed by atoms with Gasteiger partial charge in [-0.3, -0.25) is 0 Å². The summed E-state index contributed by atoms with van der Waals surface area (Å²) in [5, 5.41) is 3.53. The molecule has 0 amide bonds. The molecule has 0 atom stereocenters. The van der Waals surface area contributed by atoms with Crippen LogP contribution in [0.15, 0.2) is 46.1 Å². The molecule has 0 aliphatic rings. The minimum atomic E-state index is -4.82. The summed E-state index contributed by atoms with van der Waals surface area (Å²) in [5.41, 5.74) is 0.845. The largest absolute Gasteiger partial charge is 0.573 e. The molecule has 0 aliphatic heterocycles. The van der Waals surface area contributed by atoms with E-state index in [2.05, 4.69) is 19.1 Å². The van der Waals surface area contributed by atoms with Crippen LogP contribution < -0.4 is 9.46 Å². The van der Waals surface area contributed by atoms with Crippen molar-refractivity contribution in [2.75, 3.05) is 6.54 Å². The van der Waals surface area contributed by atoms with Crippen LogP contribution in [0.4, 0.5) is 13.2 Å². The van der Waals surface area contributed by atoms with Crippen molar-refractivity contribution in [2.45, 2.75) is 24.1 Å². The number of hydrogen-bond acceptors (Lipinski definition) is 5. The van der Waals surface area contributed by atoms with Gasteiger partial charge in [-0.05, 0) is 37.1 Å². The number of ether oxygens (including phenoxy) is 1. The number of halogens is 3. The minimum absolute atomic E-state index is 0.142. The molecule has 1 heterocycles. The molecule has 1 aromatic carbocycles. The molecule has 0 unspecified atom stereocenters. The lowest BCUT2D eigenvalue weighted by Crippen LogP contribution is -2.25. The first-order valence-electron chi connectivity index (χ1n) is 6.50. The number of aromatic nitrogens is 1. The molecule has 0 spiro atoms. The van der Waals surface area contributed by atoms with Gasteiger partial charge in [0.25, 0.3) is 0 Å². The fourth-order valence-corrected chi connectivity index (χ4v) is 2.83. The Morgan fingerprint density at radius 1 is 1.22 bits per heavy atom. The van der Waals surface area contributed by atoms with Crippen LogP contribution >= 0.6 is 0 Å². The Kier molecular flexibility index (Phi) is 5.26. The summed E-state index contributed by atoms with van der Waals surface area (Å²) in [6.45, 7) is 0.175. The van der Waals surface area contributed by atoms with Gasteiger partial charge in [0.2, 0.25) is 10.0 Å². The van der Waals surface area contributed by atoms with Crippen molar-refractivity contribution in [1.82, 2.24) is 9.88 Å². The van der Waals surface area contributed by atoms with Gasteiger partial charge in [0, 0.05) is 12.1 Å². The van der Waals surface area contributed by atoms with E-state index in [1.807, 2.05) is 0 Å². The molecular formula is C13H13F3N2O4S. The van der Waals surface area contributed by atoms with Crippen LogP contribution in [0.1, 0.15) is 12.0 Å². The zero-order valence-electron chi connectivity index (χ0n) is 11.7. The van der Waals surface area contributed by atoms with Gasteiger partial charge in [-0.2, -0.15) is 0 Å². The third-order valence-corrected chi connectivity index (χ3v) is 4.26. The molecule has 126 valence electrons. The van der Waals surface area contributed by atoms with Crippen molar-refractivity contribution in [3.05, 3.63) is 42.3 Å². The van der Waals surface area contributed by atoms with Crippen LogP contribution in [0.3, 0.4) is 0 Å². The molecular weight excluding hydrogens is 337 g/mol. The topological polar surface area (TPSA) is 81.4 Å². The van der Waals surface area contributed by atoms with E-state index in [1.54, 1.807) is 0 Å². The van der Waals surface area contributed by atoms with E-state index in [9.17, 15) is 21.6 Å². The Morgan fingerprint density at radius 2 is 1.91 bits per heavy atom. The molecule has 1 N–H and O–H groups in total. The van der Waals surface area contributed by atoms with E-state index in [-0.39, 0.29) is 11.4 Å². The van der Waals surface area contributed by atoms with Crippen molar-refractivity contribution in [2.24, 2.45) is 0 Å². The SMILES string of the molecule is O=S(=O)(NCCCc1cnoc1)c1ccc(OC(F)(F)F)cc1. The van der Waals surface area contributed by atoms with Gasteiger partial charge in [0.1, 0.15) is 12.0 Å². The van der Waals surface area contributed by atoms with Gasteiger partial charge in [0.05, 0.1) is 11.1 Å². The van der Waals surface area contributed by atoms with Gasteiger partial charge in [0.15, 0.2) is 0 Å². The minimum Gasteiger partial charge on any atom is -0.406 e. The highest BCUT2D eigenvalue weighted by Crippen LogP contribution is 2.23. The highest BCUT2D eigenvalue weighted by molar-refractivity contribution is 7.89. The normalized spacial score (nSPS) is 12.3. The lowest BCUT2D eigenvalue weighted by molar-refractivity contribution is -0.274. The molecule has 0 saturated heterocycles. The van der Waals surface area contributed by atoms with Gasteiger partial charge >= 0.3 is 6.36 Å². The molecule has 0 aliphatic carbocycles. The quantitative estimate of drug-likeness (QED) is 0.776. The molecule has 10 heteroatoms. The average molecular weight is 350 g/mol. The van der Waals surface area contributed by atoms with Crippen molar-refractivity contribution >= 4 is 10.0 Å². The van der Waals surface area contributed by atoms with Crippen LogP contribution in [0, 0.1) is 0 Å². The standard InChI is InChI=1S/C13H13F3N2O4S/c14-13(15,16)22-11-3-5-12(6-4-11)23(19,20)18-7-1-2-10-8-17-21-9-10/h3-6,8-9,18H,1-2,7H2. The highest BCUT2D eigenvalue weighted by Gasteiger charge is 2.31. The number of hydrogen-bond donors (Lipinski definition) is 1. The van der Waals surface area contributed by atoms with E-state index < -0.39 is 22.1 Å². The number of sulfonamides is 1. The highest BCUT2D eigenvalue weighted by atomic mass is 32.2. The predicted molar refractivity (Wildman–Crippen MR) is 73.1 cm³/mol. The molecule has 1 aromatic heterocycles. The first kappa shape index (κ1) is 17.3. The van der Waals surface area contributed by atoms with Gasteiger partial charge in [-0.25, -0.2) is 13.1 Å². The second-order valence-electron chi connectivity index (χ2n) is 4.55. The van der Waals surface area contributed by atoms with Crippen LogP contribution in [-0.4, -0.2) is 26.5 Å². The summed E-state index contributed by atoms with van der Waals surface area (Å²) in [5.74, 6) is -0.482. The van der Waals surface area contributed by atoms with Gasteiger partial charge in [-0.15, -0.1) is 13.2 Å². The molecule has 0 radical (unpaired) electrons. The molecule has 0 bridgehead atoms. The van der Waals surface area contributed by atoms with Crippen LogP contribution in [0.2, 0.25) is 0 Å². The Bertz CT molecular complexity index is 713. The Balaban J connectivity index is 1.88. The average Bonchev–Trinajstić information content (AvgIpc) is 2.96. The van der Waals surface area contributed by atoms with Crippen LogP contribution in [0.5, 0.6) is 5.75 Å². The third kappa shape index (κ3) is 5.57. The first-order chi connectivity index (χ1) is 10.8. The Hall–Kier alpha value is -2.07. The van der Waals surface area contributed by atoms with Gasteiger partial charge < -0.3 is 9.26 Å². The van der Waals surface area contributed by atoms with E-state index in [0.29, 0.717) is 12.8 Å². The lowest BCUT2D eigenvalue weighted by atomic mass is 10.2. The zero-order valence-corrected chi connectivity index (χ0v) is 12.5. The Labute approximate surface area is 130 Å². The third-order valence-electron chi connectivity index (χ3n) is 2.79. The number of nitrogens with one attached hydrogen (secondary N) is 1. The fraction of sp³-hybridized carbons (Fsp3) is 0.308. The second kappa shape index (κ2) is 7.01. The summed E-state index contributed by atoms with van der Waals surface area (Å²) in [7, 11) is -3.79. The van der Waals surface area contributed by atoms with Crippen LogP contribution in [-0.2, 0) is 16.4 Å². The Morgan fingerprint density at radius 3 is 2.48 bits per heavy atom. The monoisotopic (exact) mass is 350 g/mol. The van der Waals surface area contributed by atoms with Crippen molar-refractivity contribution < 1.29 is 30.8 Å². The summed E-state index contributed by atoms with van der Waals surface area (Å²) < 4.78 is 70.8. The van der Waals surface area contributed by atoms with Crippen molar-refractivity contribution in [3.63, 3.8) is 0 Å². The summed E-state index contributed by atoms with van der Waals surface area (Å²) in [6.07, 6.45) is -0.706. The van der Waals surface area contributed by atoms with E-state index in [1.165, 1.54) is 12.5 Å². The number of aryl methyl sites for hydroxylation is 1. The summed E-state index contributed by atoms with van der Waals surface area (Å²) >= 11 is 0. The summed E-state index contributed by atoms with van der Waals surface area (Å²) in [4.78, 5) is -0.142. The molecule has 23 heavy (non-hydrogen) atoms. The van der Waals surface area contributed by atoms with Gasteiger partial charge in [-0.1, -0.05) is 5.16 Å². The number of nitrogens with zero attached hydrogens (tertiary/aromatic N) is 1. The summed E-state index contributed by atoms with van der Waals surface area (Å²) in [6, 6.07) is 3.98. The second-order valence-corrected chi connectivity index (χ2v) is 6.32. The zero-order chi connectivity index (χ0) is 16.9. The van der Waals surface area contributed by atoms with E-state index in [0.717, 1.165) is 29.8 Å². The number of benzene rings is 1. The number of rotatable bonds is 7. The maximum Gasteiger partial charge on any atom is 0.573 e. The maximum absolute atomic E-state index is 12.0. The lowest BCUT2D eigenvalue weighted by Gasteiger charge is -2.10. The van der Waals surface area contributed by atoms with Crippen molar-refractivity contribution in [3.8, 4) is 5.75 Å². The van der Waals surface area contributed by atoms with Crippen LogP contribution in [0.25, 0.3) is 0 Å². The molecule has 2 rings (SSSR count). The predicted octanol–water partition coefficient (Wildman–Crippen LogP) is 2.48. The molecule has 6 nitrogen and oxygen atoms in total. The fourth-order valence-electron chi connectivity index (χ4n) is 1.75. The van der Waals surface area contributed by atoms with E-state index >= 15 is 0 Å². The van der Waals surface area contributed by atoms with Crippen molar-refractivity contribution in [1.29, 1.82) is 0 Å². The smallest absolute Gasteiger partial charge is 0.406 e. The first-order valence-corrected chi connectivity index (χ1v) is 7.98. The van der Waals surface area contributed by atoms with E-state index in [4.69, 9.17) is 0 Å². The molecule has 0 saturated carbocycles.